The summed E-state index contributed by atoms with van der Waals surface area (Å²) in [4.78, 5) is 2.41. The van der Waals surface area contributed by atoms with Crippen LogP contribution in [0.15, 0.2) is 72.8 Å². The zero-order valence-corrected chi connectivity index (χ0v) is 17.4. The fourth-order valence-electron chi connectivity index (χ4n) is 4.93. The third kappa shape index (κ3) is 3.35. The third-order valence-electron chi connectivity index (χ3n) is 6.42. The Balaban J connectivity index is 1.54. The van der Waals surface area contributed by atoms with E-state index >= 15 is 0 Å². The Morgan fingerprint density at radius 3 is 2.55 bits per heavy atom. The first-order valence-corrected chi connectivity index (χ1v) is 10.5. The molecule has 1 aliphatic carbocycles. The van der Waals surface area contributed by atoms with E-state index in [2.05, 4.69) is 98.6 Å². The molecular weight excluding hydrogens is 357 g/mol. The maximum atomic E-state index is 6.06. The van der Waals surface area contributed by atoms with Gasteiger partial charge in [0.1, 0.15) is 0 Å². The number of para-hydroxylation sites is 1. The quantitative estimate of drug-likeness (QED) is 0.725. The minimum Gasteiger partial charge on any atom is -0.407 e. The fraction of sp³-hybridized carbons (Fsp3) is 0.360. The standard InChI is InChI=1S/C25H28BNO2/c1-25(2)16-28-26(29-17-25)19-10-8-9-18(15-19)24-20-11-4-6-13-22(20)27(3)23-14-7-5-12-21(23)24/h4-15,20,22,24H,16-17H2,1-3H3. The van der Waals surface area contributed by atoms with Gasteiger partial charge in [0, 0.05) is 43.2 Å². The lowest BCUT2D eigenvalue weighted by molar-refractivity contribution is 0.0343. The molecule has 3 aliphatic rings. The highest BCUT2D eigenvalue weighted by molar-refractivity contribution is 6.61. The van der Waals surface area contributed by atoms with Gasteiger partial charge < -0.3 is 14.2 Å². The van der Waals surface area contributed by atoms with E-state index in [-0.39, 0.29) is 12.5 Å². The molecule has 3 nitrogen and oxygen atoms in total. The molecule has 148 valence electrons. The fourth-order valence-corrected chi connectivity index (χ4v) is 4.93. The van der Waals surface area contributed by atoms with Gasteiger partial charge in [-0.1, -0.05) is 80.6 Å². The molecule has 0 spiro atoms. The van der Waals surface area contributed by atoms with Crippen molar-refractivity contribution < 1.29 is 9.31 Å². The molecule has 5 rings (SSSR count). The molecule has 2 aromatic rings. The predicted molar refractivity (Wildman–Crippen MR) is 120 cm³/mol. The predicted octanol–water partition coefficient (Wildman–Crippen LogP) is 4.15. The van der Waals surface area contributed by atoms with Crippen LogP contribution in [0, 0.1) is 11.3 Å². The molecule has 0 bridgehead atoms. The lowest BCUT2D eigenvalue weighted by Gasteiger charge is -2.45. The lowest BCUT2D eigenvalue weighted by Crippen LogP contribution is -2.48. The van der Waals surface area contributed by atoms with Crippen LogP contribution in [0.3, 0.4) is 0 Å². The summed E-state index contributed by atoms with van der Waals surface area (Å²) >= 11 is 0. The van der Waals surface area contributed by atoms with Crippen LogP contribution in [0.4, 0.5) is 5.69 Å². The van der Waals surface area contributed by atoms with Crippen molar-refractivity contribution in [3.8, 4) is 0 Å². The minimum absolute atomic E-state index is 0.0768. The monoisotopic (exact) mass is 385 g/mol. The molecule has 0 aromatic heterocycles. The second kappa shape index (κ2) is 7.19. The van der Waals surface area contributed by atoms with Crippen LogP contribution in [-0.2, 0) is 9.31 Å². The average molecular weight is 385 g/mol. The van der Waals surface area contributed by atoms with E-state index in [0.29, 0.717) is 17.9 Å². The van der Waals surface area contributed by atoms with Gasteiger partial charge in [0.25, 0.3) is 0 Å². The molecule has 2 aromatic carbocycles. The molecule has 3 unspecified atom stereocenters. The van der Waals surface area contributed by atoms with E-state index < -0.39 is 0 Å². The minimum atomic E-state index is -0.276. The first-order chi connectivity index (χ1) is 14.0. The second-order valence-electron chi connectivity index (χ2n) is 9.27. The van der Waals surface area contributed by atoms with E-state index in [1.54, 1.807) is 0 Å². The SMILES string of the molecule is CN1c2ccccc2C(c2cccc(B3OCC(C)(C)CO3)c2)C2C=CC=CC21. The van der Waals surface area contributed by atoms with Gasteiger partial charge >= 0.3 is 7.12 Å². The van der Waals surface area contributed by atoms with Crippen molar-refractivity contribution in [2.75, 3.05) is 25.2 Å². The molecule has 0 N–H and O–H groups in total. The summed E-state index contributed by atoms with van der Waals surface area (Å²) in [6.07, 6.45) is 9.05. The number of benzene rings is 2. The number of fused-ring (bicyclic) bond motifs is 2. The largest absolute Gasteiger partial charge is 0.493 e. The van der Waals surface area contributed by atoms with E-state index in [4.69, 9.17) is 9.31 Å². The molecule has 2 aliphatic heterocycles. The Bertz CT molecular complexity index is 957. The molecule has 1 fully saturated rings. The van der Waals surface area contributed by atoms with Gasteiger partial charge in [0.2, 0.25) is 0 Å². The first kappa shape index (κ1) is 18.7. The Morgan fingerprint density at radius 2 is 1.72 bits per heavy atom. The maximum Gasteiger partial charge on any atom is 0.493 e. The molecule has 0 saturated carbocycles. The molecule has 0 amide bonds. The Kier molecular flexibility index (Phi) is 4.64. The average Bonchev–Trinajstić information content (AvgIpc) is 2.74. The summed E-state index contributed by atoms with van der Waals surface area (Å²) in [5.74, 6) is 0.718. The van der Waals surface area contributed by atoms with E-state index in [9.17, 15) is 0 Å². The highest BCUT2D eigenvalue weighted by Gasteiger charge is 2.39. The first-order valence-electron chi connectivity index (χ1n) is 10.5. The van der Waals surface area contributed by atoms with Gasteiger partial charge in [-0.2, -0.15) is 0 Å². The summed E-state index contributed by atoms with van der Waals surface area (Å²) < 4.78 is 12.1. The van der Waals surface area contributed by atoms with E-state index in [1.165, 1.54) is 16.8 Å². The van der Waals surface area contributed by atoms with E-state index in [0.717, 1.165) is 18.7 Å². The van der Waals surface area contributed by atoms with Gasteiger partial charge in [0.05, 0.1) is 6.04 Å². The zero-order valence-electron chi connectivity index (χ0n) is 17.4. The summed E-state index contributed by atoms with van der Waals surface area (Å²) in [5.41, 5.74) is 5.22. The second-order valence-corrected chi connectivity index (χ2v) is 9.27. The summed E-state index contributed by atoms with van der Waals surface area (Å²) in [7, 11) is 1.93. The van der Waals surface area contributed by atoms with Crippen molar-refractivity contribution in [1.29, 1.82) is 0 Å². The topological polar surface area (TPSA) is 21.7 Å². The van der Waals surface area contributed by atoms with Crippen LogP contribution < -0.4 is 10.4 Å². The van der Waals surface area contributed by atoms with Crippen molar-refractivity contribution in [3.63, 3.8) is 0 Å². The van der Waals surface area contributed by atoms with Gasteiger partial charge in [-0.3, -0.25) is 0 Å². The lowest BCUT2D eigenvalue weighted by atomic mass is 9.69. The van der Waals surface area contributed by atoms with Crippen molar-refractivity contribution >= 4 is 18.3 Å². The highest BCUT2D eigenvalue weighted by Crippen LogP contribution is 2.46. The highest BCUT2D eigenvalue weighted by atomic mass is 16.6. The van der Waals surface area contributed by atoms with Crippen LogP contribution in [-0.4, -0.2) is 33.4 Å². The number of rotatable bonds is 2. The van der Waals surface area contributed by atoms with Crippen molar-refractivity contribution in [3.05, 3.63) is 84.0 Å². The van der Waals surface area contributed by atoms with Crippen molar-refractivity contribution in [2.45, 2.75) is 25.8 Å². The smallest absolute Gasteiger partial charge is 0.407 e. The Morgan fingerprint density at radius 1 is 0.966 bits per heavy atom. The number of nitrogens with zero attached hydrogens (tertiary/aromatic N) is 1. The number of allylic oxidation sites excluding steroid dienone is 2. The molecule has 3 atom stereocenters. The summed E-state index contributed by atoms with van der Waals surface area (Å²) in [5, 5.41) is 0. The normalized spacial score (nSPS) is 27.5. The molecule has 29 heavy (non-hydrogen) atoms. The number of hydrogen-bond donors (Lipinski definition) is 0. The van der Waals surface area contributed by atoms with Crippen LogP contribution in [0.25, 0.3) is 0 Å². The number of hydrogen-bond acceptors (Lipinski definition) is 3. The Labute approximate surface area is 174 Å². The van der Waals surface area contributed by atoms with Gasteiger partial charge in [0.15, 0.2) is 0 Å². The maximum absolute atomic E-state index is 6.06. The van der Waals surface area contributed by atoms with Gasteiger partial charge in [-0.05, 0) is 22.7 Å². The molecule has 2 heterocycles. The van der Waals surface area contributed by atoms with Crippen LogP contribution in [0.2, 0.25) is 0 Å². The summed E-state index contributed by atoms with van der Waals surface area (Å²) in [6.45, 7) is 5.80. The molecule has 4 heteroatoms. The summed E-state index contributed by atoms with van der Waals surface area (Å²) in [6, 6.07) is 18.0. The third-order valence-corrected chi connectivity index (χ3v) is 6.42. The van der Waals surface area contributed by atoms with E-state index in [1.807, 2.05) is 0 Å². The molecular formula is C25H28BNO2. The van der Waals surface area contributed by atoms with Crippen LogP contribution >= 0.6 is 0 Å². The number of likely N-dealkylation sites (N-methyl/N-ethyl adjacent to an activating group) is 1. The molecule has 1 saturated heterocycles. The zero-order chi connectivity index (χ0) is 20.0. The van der Waals surface area contributed by atoms with Gasteiger partial charge in [-0.25, -0.2) is 0 Å². The van der Waals surface area contributed by atoms with Crippen molar-refractivity contribution in [1.82, 2.24) is 0 Å². The van der Waals surface area contributed by atoms with Gasteiger partial charge in [-0.15, -0.1) is 0 Å². The number of anilines is 1. The Hall–Kier alpha value is -2.30. The molecule has 0 radical (unpaired) electrons. The van der Waals surface area contributed by atoms with Crippen LogP contribution in [0.5, 0.6) is 0 Å². The van der Waals surface area contributed by atoms with Crippen LogP contribution in [0.1, 0.15) is 30.9 Å². The van der Waals surface area contributed by atoms with Crippen molar-refractivity contribution in [2.24, 2.45) is 11.3 Å².